The number of nitrogens with one attached hydrogen (secondary N) is 2. The summed E-state index contributed by atoms with van der Waals surface area (Å²) in [5.41, 5.74) is 2.12. The van der Waals surface area contributed by atoms with Gasteiger partial charge in [-0.25, -0.2) is 0 Å². The molecule has 0 radical (unpaired) electrons. The summed E-state index contributed by atoms with van der Waals surface area (Å²) in [5, 5.41) is 18.1. The van der Waals surface area contributed by atoms with Gasteiger partial charge >= 0.3 is 0 Å². The van der Waals surface area contributed by atoms with E-state index in [2.05, 4.69) is 57.8 Å². The molecule has 0 saturated carbocycles. The van der Waals surface area contributed by atoms with E-state index in [4.69, 9.17) is 11.6 Å². The van der Waals surface area contributed by atoms with E-state index in [1.807, 2.05) is 18.2 Å². The number of hydrogen-bond donors (Lipinski definition) is 3. The molecule has 2 bridgehead atoms. The molecule has 2 heterocycles. The quantitative estimate of drug-likeness (QED) is 0.447. The molecule has 0 aliphatic carbocycles. The monoisotopic (exact) mass is 440 g/mol. The maximum Gasteiger partial charge on any atom is 0.191 e. The lowest BCUT2D eigenvalue weighted by molar-refractivity contribution is 0.114. The third-order valence-corrected chi connectivity index (χ3v) is 6.81. The first kappa shape index (κ1) is 22.1. The lowest BCUT2D eigenvalue weighted by atomic mass is 9.96. The Morgan fingerprint density at radius 2 is 1.77 bits per heavy atom. The van der Waals surface area contributed by atoms with E-state index in [0.717, 1.165) is 37.5 Å². The largest absolute Gasteiger partial charge is 0.386 e. The van der Waals surface area contributed by atoms with Gasteiger partial charge in [0, 0.05) is 41.8 Å². The molecule has 6 heteroatoms. The minimum absolute atomic E-state index is 0.277. The van der Waals surface area contributed by atoms with Crippen LogP contribution in [-0.2, 0) is 6.54 Å². The molecule has 2 fully saturated rings. The van der Waals surface area contributed by atoms with Crippen molar-refractivity contribution in [2.75, 3.05) is 13.1 Å². The van der Waals surface area contributed by atoms with Crippen LogP contribution in [0.3, 0.4) is 0 Å². The Kier molecular flexibility index (Phi) is 7.49. The van der Waals surface area contributed by atoms with E-state index in [1.165, 1.54) is 18.4 Å². The molecule has 0 aromatic heterocycles. The van der Waals surface area contributed by atoms with Gasteiger partial charge in [0.15, 0.2) is 5.96 Å². The third-order valence-electron chi connectivity index (χ3n) is 6.46. The minimum Gasteiger partial charge on any atom is -0.386 e. The number of benzene rings is 2. The Labute approximate surface area is 190 Å². The zero-order valence-corrected chi connectivity index (χ0v) is 18.9. The Hall–Kier alpha value is -2.08. The highest BCUT2D eigenvalue weighted by atomic mass is 35.5. The van der Waals surface area contributed by atoms with Crippen LogP contribution in [0, 0.1) is 0 Å². The Morgan fingerprint density at radius 3 is 2.45 bits per heavy atom. The summed E-state index contributed by atoms with van der Waals surface area (Å²) in [6.07, 6.45) is 4.08. The average molecular weight is 441 g/mol. The van der Waals surface area contributed by atoms with Gasteiger partial charge in [-0.2, -0.15) is 0 Å². The van der Waals surface area contributed by atoms with Crippen LogP contribution in [0.25, 0.3) is 0 Å². The number of rotatable bonds is 7. The van der Waals surface area contributed by atoms with Crippen molar-refractivity contribution in [3.8, 4) is 0 Å². The number of guanidine groups is 1. The van der Waals surface area contributed by atoms with Crippen molar-refractivity contribution in [1.29, 1.82) is 0 Å². The molecule has 3 N–H and O–H groups in total. The summed E-state index contributed by atoms with van der Waals surface area (Å²) in [5.74, 6) is 0.773. The molecule has 2 aliphatic rings. The molecule has 0 spiro atoms. The zero-order chi connectivity index (χ0) is 21.6. The second-order valence-electron chi connectivity index (χ2n) is 8.61. The van der Waals surface area contributed by atoms with Gasteiger partial charge in [0.2, 0.25) is 0 Å². The van der Waals surface area contributed by atoms with Crippen molar-refractivity contribution < 1.29 is 5.11 Å². The topological polar surface area (TPSA) is 59.9 Å². The molecular formula is C25H33ClN4O. The van der Waals surface area contributed by atoms with Gasteiger partial charge in [-0.15, -0.1) is 0 Å². The summed E-state index contributed by atoms with van der Waals surface area (Å²) < 4.78 is 0. The second kappa shape index (κ2) is 10.5. The van der Waals surface area contributed by atoms with Gasteiger partial charge in [0.05, 0.1) is 6.54 Å². The highest BCUT2D eigenvalue weighted by Gasteiger charge is 2.40. The maximum atomic E-state index is 10.5. The fourth-order valence-corrected chi connectivity index (χ4v) is 5.24. The molecule has 3 unspecified atom stereocenters. The summed E-state index contributed by atoms with van der Waals surface area (Å²) in [7, 11) is 0. The number of halogens is 1. The first-order chi connectivity index (χ1) is 15.1. The van der Waals surface area contributed by atoms with Crippen molar-refractivity contribution in [1.82, 2.24) is 15.5 Å². The van der Waals surface area contributed by atoms with E-state index in [0.29, 0.717) is 23.1 Å². The number of aliphatic hydroxyl groups is 1. The standard InChI is InChI=1S/C25H33ClN4O/c1-2-27-25(28-16-24(31)22-10-6-7-11-23(22)26)29-19-14-20-12-13-21(15-19)30(20)17-18-8-4-3-5-9-18/h3-11,19-21,24,31H,2,12-17H2,1H3,(H2,27,28,29). The predicted octanol–water partition coefficient (Wildman–Crippen LogP) is 4.12. The van der Waals surface area contributed by atoms with Crippen LogP contribution in [0.2, 0.25) is 5.02 Å². The van der Waals surface area contributed by atoms with Crippen LogP contribution >= 0.6 is 11.6 Å². The van der Waals surface area contributed by atoms with Crippen LogP contribution < -0.4 is 10.6 Å². The van der Waals surface area contributed by atoms with Crippen LogP contribution in [0.5, 0.6) is 0 Å². The van der Waals surface area contributed by atoms with Gasteiger partial charge in [0.1, 0.15) is 6.10 Å². The maximum absolute atomic E-state index is 10.5. The van der Waals surface area contributed by atoms with Crippen molar-refractivity contribution in [2.45, 2.75) is 63.4 Å². The number of aliphatic hydroxyl groups excluding tert-OH is 1. The van der Waals surface area contributed by atoms with E-state index in [-0.39, 0.29) is 6.54 Å². The predicted molar refractivity (Wildman–Crippen MR) is 127 cm³/mol. The first-order valence-electron chi connectivity index (χ1n) is 11.4. The van der Waals surface area contributed by atoms with Crippen molar-refractivity contribution in [3.05, 3.63) is 70.7 Å². The Balaban J connectivity index is 1.36. The lowest BCUT2D eigenvalue weighted by Crippen LogP contribution is -2.52. The fourth-order valence-electron chi connectivity index (χ4n) is 4.98. The Bertz CT molecular complexity index is 861. The normalized spacial score (nSPS) is 24.7. The molecule has 3 atom stereocenters. The number of nitrogens with zero attached hydrogens (tertiary/aromatic N) is 2. The van der Waals surface area contributed by atoms with Gasteiger partial charge < -0.3 is 15.7 Å². The molecule has 2 aromatic rings. The minimum atomic E-state index is -0.715. The number of piperidine rings is 1. The van der Waals surface area contributed by atoms with E-state index < -0.39 is 6.10 Å². The van der Waals surface area contributed by atoms with E-state index in [1.54, 1.807) is 6.07 Å². The van der Waals surface area contributed by atoms with Crippen LogP contribution in [0.4, 0.5) is 0 Å². The Morgan fingerprint density at radius 1 is 1.10 bits per heavy atom. The molecule has 5 nitrogen and oxygen atoms in total. The highest BCUT2D eigenvalue weighted by molar-refractivity contribution is 6.31. The average Bonchev–Trinajstić information content (AvgIpc) is 3.01. The highest BCUT2D eigenvalue weighted by Crippen LogP contribution is 2.36. The number of fused-ring (bicyclic) bond motifs is 2. The first-order valence-corrected chi connectivity index (χ1v) is 11.8. The molecule has 0 amide bonds. The summed E-state index contributed by atoms with van der Waals surface area (Å²) >= 11 is 6.22. The number of aliphatic imine (C=N–C) groups is 1. The molecular weight excluding hydrogens is 408 g/mol. The second-order valence-corrected chi connectivity index (χ2v) is 9.02. The summed E-state index contributed by atoms with van der Waals surface area (Å²) in [6.45, 7) is 4.17. The summed E-state index contributed by atoms with van der Waals surface area (Å²) in [4.78, 5) is 7.35. The van der Waals surface area contributed by atoms with Gasteiger partial charge in [-0.3, -0.25) is 9.89 Å². The third kappa shape index (κ3) is 5.59. The molecule has 166 valence electrons. The molecule has 2 aromatic carbocycles. The zero-order valence-electron chi connectivity index (χ0n) is 18.2. The molecule has 2 aliphatic heterocycles. The molecule has 2 saturated heterocycles. The van der Waals surface area contributed by atoms with Crippen molar-refractivity contribution in [3.63, 3.8) is 0 Å². The van der Waals surface area contributed by atoms with Crippen molar-refractivity contribution >= 4 is 17.6 Å². The van der Waals surface area contributed by atoms with Crippen LogP contribution in [-0.4, -0.2) is 47.2 Å². The van der Waals surface area contributed by atoms with E-state index >= 15 is 0 Å². The van der Waals surface area contributed by atoms with Crippen molar-refractivity contribution in [2.24, 2.45) is 4.99 Å². The SMILES string of the molecule is CCNC(=NCC(O)c1ccccc1Cl)NC1CC2CCC(C1)N2Cc1ccccc1. The smallest absolute Gasteiger partial charge is 0.191 e. The van der Waals surface area contributed by atoms with Crippen LogP contribution in [0.1, 0.15) is 49.8 Å². The van der Waals surface area contributed by atoms with Crippen LogP contribution in [0.15, 0.2) is 59.6 Å². The van der Waals surface area contributed by atoms with E-state index in [9.17, 15) is 5.11 Å². The fraction of sp³-hybridized carbons (Fsp3) is 0.480. The number of hydrogen-bond acceptors (Lipinski definition) is 3. The van der Waals surface area contributed by atoms with Gasteiger partial charge in [-0.1, -0.05) is 60.1 Å². The van der Waals surface area contributed by atoms with Gasteiger partial charge in [0.25, 0.3) is 0 Å². The molecule has 4 rings (SSSR count). The summed E-state index contributed by atoms with van der Waals surface area (Å²) in [6, 6.07) is 19.8. The lowest BCUT2D eigenvalue weighted by Gasteiger charge is -2.39. The molecule has 31 heavy (non-hydrogen) atoms. The van der Waals surface area contributed by atoms with Gasteiger partial charge in [-0.05, 0) is 44.2 Å².